The fourth-order valence-corrected chi connectivity index (χ4v) is 2.12. The maximum Gasteiger partial charge on any atom is 0.321 e. The average molecular weight is 298 g/mol. The van der Waals surface area contributed by atoms with E-state index in [-0.39, 0.29) is 6.03 Å². The molecule has 1 aliphatic heterocycles. The van der Waals surface area contributed by atoms with Crippen LogP contribution in [0.4, 0.5) is 10.5 Å². The number of likely N-dealkylation sites (N-methyl/N-ethyl adjacent to an activating group) is 1. The number of benzene rings is 1. The van der Waals surface area contributed by atoms with E-state index in [9.17, 15) is 4.79 Å². The quantitative estimate of drug-likeness (QED) is 0.909. The lowest BCUT2D eigenvalue weighted by molar-refractivity contribution is 0.0942. The molecule has 1 N–H and O–H groups in total. The van der Waals surface area contributed by atoms with Gasteiger partial charge < -0.3 is 15.1 Å². The fraction of sp³-hybridized carbons (Fsp3) is 0.417. The maximum absolute atomic E-state index is 11.9. The number of carbonyl (C=O) groups excluding carboxylic acids is 1. The monoisotopic (exact) mass is 297 g/mol. The summed E-state index contributed by atoms with van der Waals surface area (Å²) in [6.45, 7) is 1.60. The van der Waals surface area contributed by atoms with Crippen molar-refractivity contribution >= 4 is 27.6 Å². The number of nitrogens with one attached hydrogen (secondary N) is 1. The van der Waals surface area contributed by atoms with Crippen molar-refractivity contribution in [3.05, 3.63) is 28.7 Å². The van der Waals surface area contributed by atoms with Crippen molar-refractivity contribution in [2.45, 2.75) is 6.04 Å². The van der Waals surface area contributed by atoms with Gasteiger partial charge in [0, 0.05) is 29.3 Å². The molecule has 2 amide bonds. The molecule has 4 nitrogen and oxygen atoms in total. The number of likely N-dealkylation sites (tertiary alicyclic amines) is 1. The molecule has 2 rings (SSSR count). The topological polar surface area (TPSA) is 35.6 Å². The number of hydrogen-bond acceptors (Lipinski definition) is 2. The van der Waals surface area contributed by atoms with Gasteiger partial charge in [-0.2, -0.15) is 0 Å². The van der Waals surface area contributed by atoms with Gasteiger partial charge >= 0.3 is 6.03 Å². The number of urea groups is 1. The summed E-state index contributed by atoms with van der Waals surface area (Å²) in [5.41, 5.74) is 0.817. The first kappa shape index (κ1) is 12.4. The predicted molar refractivity (Wildman–Crippen MR) is 72.2 cm³/mol. The Bertz CT molecular complexity index is 416. The number of amides is 2. The van der Waals surface area contributed by atoms with Crippen molar-refractivity contribution in [3.63, 3.8) is 0 Å². The molecule has 92 valence electrons. The molecular formula is C12H16BrN3O. The van der Waals surface area contributed by atoms with Crippen LogP contribution in [0.15, 0.2) is 28.7 Å². The molecule has 1 saturated heterocycles. The van der Waals surface area contributed by atoms with Crippen molar-refractivity contribution in [1.29, 1.82) is 0 Å². The molecule has 5 heteroatoms. The van der Waals surface area contributed by atoms with Gasteiger partial charge in [-0.1, -0.05) is 22.0 Å². The molecule has 0 saturated carbocycles. The molecular weight excluding hydrogens is 282 g/mol. The van der Waals surface area contributed by atoms with E-state index < -0.39 is 0 Å². The van der Waals surface area contributed by atoms with E-state index in [0.29, 0.717) is 6.04 Å². The van der Waals surface area contributed by atoms with E-state index in [0.717, 1.165) is 23.2 Å². The van der Waals surface area contributed by atoms with E-state index in [2.05, 4.69) is 26.1 Å². The second-order valence-electron chi connectivity index (χ2n) is 4.46. The number of anilines is 1. The van der Waals surface area contributed by atoms with Crippen LogP contribution in [-0.4, -0.2) is 49.1 Å². The zero-order chi connectivity index (χ0) is 12.4. The van der Waals surface area contributed by atoms with E-state index >= 15 is 0 Å². The van der Waals surface area contributed by atoms with Crippen LogP contribution in [0.2, 0.25) is 0 Å². The first-order valence-corrected chi connectivity index (χ1v) is 6.33. The van der Waals surface area contributed by atoms with Crippen molar-refractivity contribution in [2.24, 2.45) is 0 Å². The second-order valence-corrected chi connectivity index (χ2v) is 5.38. The summed E-state index contributed by atoms with van der Waals surface area (Å²) < 4.78 is 0.963. The minimum absolute atomic E-state index is 0.0267. The molecule has 0 unspecified atom stereocenters. The van der Waals surface area contributed by atoms with E-state index in [1.807, 2.05) is 43.3 Å². The molecule has 1 fully saturated rings. The Balaban J connectivity index is 1.87. The lowest BCUT2D eigenvalue weighted by Crippen LogP contribution is -2.60. The van der Waals surface area contributed by atoms with Gasteiger partial charge in [-0.25, -0.2) is 4.79 Å². The number of halogens is 1. The largest absolute Gasteiger partial charge is 0.321 e. The van der Waals surface area contributed by atoms with Gasteiger partial charge in [0.05, 0.1) is 0 Å². The van der Waals surface area contributed by atoms with Crippen LogP contribution < -0.4 is 5.32 Å². The fourth-order valence-electron chi connectivity index (χ4n) is 1.72. The van der Waals surface area contributed by atoms with Crippen molar-refractivity contribution in [3.8, 4) is 0 Å². The van der Waals surface area contributed by atoms with Gasteiger partial charge in [0.1, 0.15) is 0 Å². The molecule has 1 aromatic carbocycles. The third kappa shape index (κ3) is 2.98. The molecule has 0 spiro atoms. The molecule has 1 aliphatic rings. The van der Waals surface area contributed by atoms with Crippen LogP contribution in [0.3, 0.4) is 0 Å². The summed E-state index contributed by atoms with van der Waals surface area (Å²) in [5, 5.41) is 2.88. The molecule has 1 aromatic rings. The molecule has 17 heavy (non-hydrogen) atoms. The molecule has 0 aliphatic carbocycles. The Morgan fingerprint density at radius 2 is 2.18 bits per heavy atom. The van der Waals surface area contributed by atoms with Crippen LogP contribution in [0.1, 0.15) is 0 Å². The van der Waals surface area contributed by atoms with Crippen LogP contribution in [0.25, 0.3) is 0 Å². The first-order valence-electron chi connectivity index (χ1n) is 5.54. The number of nitrogens with zero attached hydrogens (tertiary/aromatic N) is 2. The summed E-state index contributed by atoms with van der Waals surface area (Å²) >= 11 is 3.38. The van der Waals surface area contributed by atoms with E-state index in [1.165, 1.54) is 0 Å². The van der Waals surface area contributed by atoms with Crippen molar-refractivity contribution in [1.82, 2.24) is 9.80 Å². The highest BCUT2D eigenvalue weighted by Crippen LogP contribution is 2.18. The number of hydrogen-bond donors (Lipinski definition) is 1. The third-order valence-corrected chi connectivity index (χ3v) is 3.45. The normalized spacial score (nSPS) is 15.9. The Labute approximate surface area is 110 Å². The SMILES string of the molecule is CN(C)C1CN(C(=O)Nc2cccc(Br)c2)C1. The Morgan fingerprint density at radius 1 is 1.47 bits per heavy atom. The van der Waals surface area contributed by atoms with Gasteiger partial charge in [-0.15, -0.1) is 0 Å². The predicted octanol–water partition coefficient (Wildman–Crippen LogP) is 2.23. The first-order chi connectivity index (χ1) is 8.06. The standard InChI is InChI=1S/C12H16BrN3O/c1-15(2)11-7-16(8-11)12(17)14-10-5-3-4-9(13)6-10/h3-6,11H,7-8H2,1-2H3,(H,14,17). The summed E-state index contributed by atoms with van der Waals surface area (Å²) in [6.07, 6.45) is 0. The minimum atomic E-state index is -0.0267. The molecule has 1 heterocycles. The number of rotatable bonds is 2. The van der Waals surface area contributed by atoms with Crippen molar-refractivity contribution < 1.29 is 4.79 Å². The van der Waals surface area contributed by atoms with Crippen LogP contribution in [-0.2, 0) is 0 Å². The average Bonchev–Trinajstić information content (AvgIpc) is 2.13. The third-order valence-electron chi connectivity index (χ3n) is 2.96. The van der Waals surface area contributed by atoms with E-state index in [4.69, 9.17) is 0 Å². The molecule has 0 bridgehead atoms. The van der Waals surface area contributed by atoms with Crippen molar-refractivity contribution in [2.75, 3.05) is 32.5 Å². The molecule has 0 aromatic heterocycles. The summed E-state index contributed by atoms with van der Waals surface area (Å²) in [4.78, 5) is 15.8. The lowest BCUT2D eigenvalue weighted by Gasteiger charge is -2.42. The highest BCUT2D eigenvalue weighted by Gasteiger charge is 2.31. The smallest absolute Gasteiger partial charge is 0.321 e. The van der Waals surface area contributed by atoms with Gasteiger partial charge in [0.2, 0.25) is 0 Å². The Kier molecular flexibility index (Phi) is 3.69. The van der Waals surface area contributed by atoms with Crippen LogP contribution in [0, 0.1) is 0 Å². The highest BCUT2D eigenvalue weighted by atomic mass is 79.9. The summed E-state index contributed by atoms with van der Waals surface area (Å²) in [7, 11) is 4.07. The molecule has 0 atom stereocenters. The highest BCUT2D eigenvalue weighted by molar-refractivity contribution is 9.10. The van der Waals surface area contributed by atoms with Crippen LogP contribution >= 0.6 is 15.9 Å². The maximum atomic E-state index is 11.9. The number of carbonyl (C=O) groups is 1. The lowest BCUT2D eigenvalue weighted by atomic mass is 10.1. The van der Waals surface area contributed by atoms with Crippen LogP contribution in [0.5, 0.6) is 0 Å². The summed E-state index contributed by atoms with van der Waals surface area (Å²) in [5.74, 6) is 0. The van der Waals surface area contributed by atoms with E-state index in [1.54, 1.807) is 0 Å². The second kappa shape index (κ2) is 5.06. The van der Waals surface area contributed by atoms with Gasteiger partial charge in [-0.05, 0) is 32.3 Å². The summed E-state index contributed by atoms with van der Waals surface area (Å²) in [6, 6.07) is 8.07. The van der Waals surface area contributed by atoms with Gasteiger partial charge in [0.25, 0.3) is 0 Å². The Morgan fingerprint density at radius 3 is 2.76 bits per heavy atom. The zero-order valence-electron chi connectivity index (χ0n) is 9.98. The zero-order valence-corrected chi connectivity index (χ0v) is 11.6. The van der Waals surface area contributed by atoms with Gasteiger partial charge in [-0.3, -0.25) is 0 Å². The van der Waals surface area contributed by atoms with Gasteiger partial charge in [0.15, 0.2) is 0 Å². The minimum Gasteiger partial charge on any atom is -0.321 e. The Hall–Kier alpha value is -1.07. The molecule has 0 radical (unpaired) electrons.